The van der Waals surface area contributed by atoms with Crippen LogP contribution in [0.2, 0.25) is 0 Å². The van der Waals surface area contributed by atoms with Crippen molar-refractivity contribution in [3.05, 3.63) is 0 Å². The van der Waals surface area contributed by atoms with E-state index in [1.807, 2.05) is 0 Å². The smallest absolute Gasteiger partial charge is 0.308 e. The lowest BCUT2D eigenvalue weighted by Gasteiger charge is -2.29. The minimum Gasteiger partial charge on any atom is -0.308 e. The average Bonchev–Trinajstić information content (AvgIpc) is 2.18. The molecule has 0 saturated carbocycles. The van der Waals surface area contributed by atoms with Crippen molar-refractivity contribution in [2.24, 2.45) is 0 Å². The zero-order valence-electron chi connectivity index (χ0n) is 9.19. The van der Waals surface area contributed by atoms with E-state index in [2.05, 4.69) is 5.32 Å². The van der Waals surface area contributed by atoms with Crippen LogP contribution in [-0.2, 0) is 18.4 Å². The van der Waals surface area contributed by atoms with Gasteiger partial charge in [-0.1, -0.05) is 0 Å². The first kappa shape index (κ1) is 12.8. The van der Waals surface area contributed by atoms with Crippen LogP contribution in [0.25, 0.3) is 0 Å². The minimum absolute atomic E-state index is 0.110. The van der Waals surface area contributed by atoms with Crippen LogP contribution in [0.5, 0.6) is 0 Å². The van der Waals surface area contributed by atoms with Gasteiger partial charge in [-0.05, 0) is 13.8 Å². The molecule has 0 bridgehead atoms. The third kappa shape index (κ3) is 3.38. The molecule has 1 fully saturated rings. The normalized spacial score (nSPS) is 23.1. The SMILES string of the molecule is CCOP(=O)(OCC)C1CC(=O)CCN1. The second-order valence-electron chi connectivity index (χ2n) is 3.34. The van der Waals surface area contributed by atoms with E-state index >= 15 is 0 Å². The zero-order valence-corrected chi connectivity index (χ0v) is 10.1. The second kappa shape index (κ2) is 5.75. The number of piperidine rings is 1. The van der Waals surface area contributed by atoms with Crippen LogP contribution in [0, 0.1) is 0 Å². The molecule has 1 heterocycles. The number of nitrogens with one attached hydrogen (secondary N) is 1. The molecule has 0 amide bonds. The molecule has 1 N–H and O–H groups in total. The molecule has 0 aromatic heterocycles. The Morgan fingerprint density at radius 1 is 1.40 bits per heavy atom. The van der Waals surface area contributed by atoms with Gasteiger partial charge in [-0.3, -0.25) is 9.36 Å². The molecule has 0 radical (unpaired) electrons. The molecule has 1 rings (SSSR count). The Bertz CT molecular complexity index is 259. The molecule has 0 aromatic rings. The van der Waals surface area contributed by atoms with Gasteiger partial charge >= 0.3 is 7.60 Å². The van der Waals surface area contributed by atoms with Crippen molar-refractivity contribution in [2.75, 3.05) is 19.8 Å². The van der Waals surface area contributed by atoms with Crippen molar-refractivity contribution >= 4 is 13.4 Å². The largest absolute Gasteiger partial charge is 0.347 e. The molecule has 1 aliphatic heterocycles. The summed E-state index contributed by atoms with van der Waals surface area (Å²) in [6, 6.07) is 0. The predicted octanol–water partition coefficient (Wildman–Crippen LogP) is 1.53. The van der Waals surface area contributed by atoms with Gasteiger partial charge in [0.1, 0.15) is 11.6 Å². The summed E-state index contributed by atoms with van der Waals surface area (Å²) >= 11 is 0. The Morgan fingerprint density at radius 3 is 2.47 bits per heavy atom. The molecular formula is C9H18NO4P. The van der Waals surface area contributed by atoms with Crippen LogP contribution in [0.4, 0.5) is 0 Å². The molecule has 15 heavy (non-hydrogen) atoms. The highest BCUT2D eigenvalue weighted by Gasteiger charge is 2.38. The molecule has 1 aliphatic rings. The lowest BCUT2D eigenvalue weighted by Crippen LogP contribution is -2.39. The maximum atomic E-state index is 12.3. The van der Waals surface area contributed by atoms with Gasteiger partial charge in [0.05, 0.1) is 13.2 Å². The summed E-state index contributed by atoms with van der Waals surface area (Å²) in [5.41, 5.74) is 0. The standard InChI is InChI=1S/C9H18NO4P/c1-3-13-15(12,14-4-2)9-7-8(11)5-6-10-9/h9-10H,3-7H2,1-2H3. The molecule has 1 saturated heterocycles. The van der Waals surface area contributed by atoms with Gasteiger partial charge in [0.2, 0.25) is 0 Å². The molecule has 1 unspecified atom stereocenters. The first-order valence-electron chi connectivity index (χ1n) is 5.26. The van der Waals surface area contributed by atoms with Gasteiger partial charge in [0.25, 0.3) is 0 Å². The van der Waals surface area contributed by atoms with Crippen LogP contribution >= 0.6 is 7.60 Å². The number of ketones is 1. The third-order valence-electron chi connectivity index (χ3n) is 2.20. The topological polar surface area (TPSA) is 64.6 Å². The number of carbonyl (C=O) groups excluding carboxylic acids is 1. The van der Waals surface area contributed by atoms with E-state index < -0.39 is 13.4 Å². The maximum absolute atomic E-state index is 12.3. The Balaban J connectivity index is 2.69. The quantitative estimate of drug-likeness (QED) is 0.732. The van der Waals surface area contributed by atoms with Crippen molar-refractivity contribution in [1.29, 1.82) is 0 Å². The molecular weight excluding hydrogens is 217 g/mol. The summed E-state index contributed by atoms with van der Waals surface area (Å²) in [5, 5.41) is 3.03. The Morgan fingerprint density at radius 2 is 2.00 bits per heavy atom. The molecule has 88 valence electrons. The third-order valence-corrected chi connectivity index (χ3v) is 4.57. The number of hydrogen-bond acceptors (Lipinski definition) is 5. The molecule has 5 nitrogen and oxygen atoms in total. The number of Topliss-reactive ketones (excluding diaryl/α,β-unsaturated/α-hetero) is 1. The van der Waals surface area contributed by atoms with Crippen LogP contribution in [0.1, 0.15) is 26.7 Å². The summed E-state index contributed by atoms with van der Waals surface area (Å²) in [4.78, 5) is 11.3. The predicted molar refractivity (Wildman–Crippen MR) is 56.9 cm³/mol. The summed E-state index contributed by atoms with van der Waals surface area (Å²) in [7, 11) is -3.16. The highest BCUT2D eigenvalue weighted by molar-refractivity contribution is 7.54. The van der Waals surface area contributed by atoms with Gasteiger partial charge in [0, 0.05) is 19.4 Å². The summed E-state index contributed by atoms with van der Waals surface area (Å²) in [6.07, 6.45) is 0.728. The van der Waals surface area contributed by atoms with Gasteiger partial charge in [0.15, 0.2) is 0 Å². The van der Waals surface area contributed by atoms with Crippen molar-refractivity contribution in [3.8, 4) is 0 Å². The van der Waals surface area contributed by atoms with E-state index in [9.17, 15) is 9.36 Å². The van der Waals surface area contributed by atoms with Crippen LogP contribution in [0.15, 0.2) is 0 Å². The van der Waals surface area contributed by atoms with E-state index in [-0.39, 0.29) is 12.2 Å². The minimum atomic E-state index is -3.16. The fourth-order valence-corrected chi connectivity index (χ4v) is 3.50. The Kier molecular flexibility index (Phi) is 4.93. The van der Waals surface area contributed by atoms with Crippen LogP contribution in [-0.4, -0.2) is 31.3 Å². The second-order valence-corrected chi connectivity index (χ2v) is 5.56. The van der Waals surface area contributed by atoms with E-state index in [1.165, 1.54) is 0 Å². The molecule has 0 aliphatic carbocycles. The number of hydrogen-bond donors (Lipinski definition) is 1. The van der Waals surface area contributed by atoms with Crippen molar-refractivity contribution < 1.29 is 18.4 Å². The number of rotatable bonds is 5. The van der Waals surface area contributed by atoms with E-state index in [0.29, 0.717) is 26.2 Å². The molecule has 1 atom stereocenters. The highest BCUT2D eigenvalue weighted by Crippen LogP contribution is 2.53. The first-order chi connectivity index (χ1) is 7.12. The molecule has 0 spiro atoms. The summed E-state index contributed by atoms with van der Waals surface area (Å²) in [6.45, 7) is 4.72. The van der Waals surface area contributed by atoms with Gasteiger partial charge in [-0.25, -0.2) is 0 Å². The average molecular weight is 235 g/mol. The van der Waals surface area contributed by atoms with Crippen LogP contribution < -0.4 is 5.32 Å². The molecule has 0 aromatic carbocycles. The van der Waals surface area contributed by atoms with Gasteiger partial charge < -0.3 is 14.4 Å². The molecule has 6 heteroatoms. The maximum Gasteiger partial charge on any atom is 0.347 e. The Hall–Kier alpha value is -0.220. The van der Waals surface area contributed by atoms with Crippen molar-refractivity contribution in [2.45, 2.75) is 32.5 Å². The zero-order chi connectivity index (χ0) is 11.3. The van der Waals surface area contributed by atoms with Crippen molar-refractivity contribution in [3.63, 3.8) is 0 Å². The fourth-order valence-electron chi connectivity index (χ4n) is 1.57. The monoisotopic (exact) mass is 235 g/mol. The summed E-state index contributed by atoms with van der Waals surface area (Å²) < 4.78 is 22.6. The fraction of sp³-hybridized carbons (Fsp3) is 0.889. The van der Waals surface area contributed by atoms with E-state index in [4.69, 9.17) is 9.05 Å². The van der Waals surface area contributed by atoms with E-state index in [1.54, 1.807) is 13.8 Å². The summed E-state index contributed by atoms with van der Waals surface area (Å²) in [5.74, 6) is -0.364. The van der Waals surface area contributed by atoms with Crippen LogP contribution in [0.3, 0.4) is 0 Å². The van der Waals surface area contributed by atoms with Gasteiger partial charge in [-0.2, -0.15) is 0 Å². The van der Waals surface area contributed by atoms with Crippen molar-refractivity contribution in [1.82, 2.24) is 5.32 Å². The Labute approximate surface area is 90.1 Å². The first-order valence-corrected chi connectivity index (χ1v) is 6.87. The van der Waals surface area contributed by atoms with Gasteiger partial charge in [-0.15, -0.1) is 0 Å². The lowest BCUT2D eigenvalue weighted by atomic mass is 10.1. The van der Waals surface area contributed by atoms with E-state index in [0.717, 1.165) is 0 Å². The highest BCUT2D eigenvalue weighted by atomic mass is 31.2. The lowest BCUT2D eigenvalue weighted by molar-refractivity contribution is -0.120. The number of carbonyl (C=O) groups is 1.